The molecule has 0 unspecified atom stereocenters. The molecule has 0 radical (unpaired) electrons. The SMILES string of the molecule is CCCCN1C(=O)C(c2ccc(OC(C)C)cc2)=C(N2CCN(c3ccccc3)CC2)C1=O. The number of nitrogens with zero attached hydrogens (tertiary/aromatic N) is 3. The van der Waals surface area contributed by atoms with Gasteiger partial charge in [-0.25, -0.2) is 0 Å². The van der Waals surface area contributed by atoms with Gasteiger partial charge in [-0.2, -0.15) is 0 Å². The summed E-state index contributed by atoms with van der Waals surface area (Å²) in [5.41, 5.74) is 3.01. The number of piperazine rings is 1. The second kappa shape index (κ2) is 10.1. The number of amides is 2. The van der Waals surface area contributed by atoms with Gasteiger partial charge in [-0.05, 0) is 50.1 Å². The third-order valence-corrected chi connectivity index (χ3v) is 6.11. The standard InChI is InChI=1S/C27H33N3O3/c1-4-5-15-30-26(31)24(21-11-13-23(14-12-21)33-20(2)3)25(27(30)32)29-18-16-28(17-19-29)22-9-7-6-8-10-22/h6-14,20H,4-5,15-19H2,1-3H3. The first-order valence-electron chi connectivity index (χ1n) is 11.9. The molecule has 2 aliphatic rings. The first-order valence-corrected chi connectivity index (χ1v) is 11.9. The molecule has 2 amide bonds. The van der Waals surface area contributed by atoms with Gasteiger partial charge in [0.2, 0.25) is 0 Å². The molecule has 2 aliphatic heterocycles. The predicted molar refractivity (Wildman–Crippen MR) is 131 cm³/mol. The molecule has 0 spiro atoms. The Morgan fingerprint density at radius 3 is 2.09 bits per heavy atom. The highest BCUT2D eigenvalue weighted by molar-refractivity contribution is 6.35. The maximum absolute atomic E-state index is 13.4. The second-order valence-electron chi connectivity index (χ2n) is 8.84. The summed E-state index contributed by atoms with van der Waals surface area (Å²) in [6, 6.07) is 17.8. The molecule has 2 heterocycles. The Balaban J connectivity index is 1.61. The summed E-state index contributed by atoms with van der Waals surface area (Å²) in [4.78, 5) is 32.7. The molecule has 0 bridgehead atoms. The van der Waals surface area contributed by atoms with Crippen LogP contribution in [0.3, 0.4) is 0 Å². The van der Waals surface area contributed by atoms with E-state index in [1.54, 1.807) is 0 Å². The van der Waals surface area contributed by atoms with E-state index in [-0.39, 0.29) is 17.9 Å². The third-order valence-electron chi connectivity index (χ3n) is 6.11. The van der Waals surface area contributed by atoms with E-state index in [2.05, 4.69) is 28.9 Å². The van der Waals surface area contributed by atoms with E-state index in [4.69, 9.17) is 4.74 Å². The first kappa shape index (κ1) is 22.9. The molecule has 1 saturated heterocycles. The van der Waals surface area contributed by atoms with Crippen molar-refractivity contribution in [2.75, 3.05) is 37.6 Å². The van der Waals surface area contributed by atoms with Gasteiger partial charge in [0, 0.05) is 38.4 Å². The van der Waals surface area contributed by atoms with Crippen LogP contribution < -0.4 is 9.64 Å². The van der Waals surface area contributed by atoms with E-state index < -0.39 is 0 Å². The fraction of sp³-hybridized carbons (Fsp3) is 0.407. The molecule has 0 N–H and O–H groups in total. The smallest absolute Gasteiger partial charge is 0.277 e. The number of hydrogen-bond acceptors (Lipinski definition) is 5. The van der Waals surface area contributed by atoms with Crippen LogP contribution in [0, 0.1) is 0 Å². The minimum Gasteiger partial charge on any atom is -0.491 e. The normalized spacial score (nSPS) is 16.9. The lowest BCUT2D eigenvalue weighted by atomic mass is 10.0. The Morgan fingerprint density at radius 1 is 0.848 bits per heavy atom. The zero-order valence-corrected chi connectivity index (χ0v) is 19.8. The summed E-state index contributed by atoms with van der Waals surface area (Å²) in [5.74, 6) is 0.401. The van der Waals surface area contributed by atoms with Crippen molar-refractivity contribution in [2.24, 2.45) is 0 Å². The number of unbranched alkanes of at least 4 members (excludes halogenated alkanes) is 1. The molecule has 6 heteroatoms. The molecule has 4 rings (SSSR count). The van der Waals surface area contributed by atoms with Gasteiger partial charge in [0.1, 0.15) is 11.4 Å². The number of rotatable bonds is 8. The highest BCUT2D eigenvalue weighted by atomic mass is 16.5. The van der Waals surface area contributed by atoms with Gasteiger partial charge in [-0.1, -0.05) is 43.7 Å². The van der Waals surface area contributed by atoms with Crippen LogP contribution in [0.4, 0.5) is 5.69 Å². The molecule has 1 fully saturated rings. The lowest BCUT2D eigenvalue weighted by Crippen LogP contribution is -2.47. The van der Waals surface area contributed by atoms with E-state index in [1.165, 1.54) is 10.6 Å². The van der Waals surface area contributed by atoms with Crippen LogP contribution in [-0.2, 0) is 9.59 Å². The largest absolute Gasteiger partial charge is 0.491 e. The average Bonchev–Trinajstić information content (AvgIpc) is 3.08. The molecule has 174 valence electrons. The van der Waals surface area contributed by atoms with Crippen molar-refractivity contribution < 1.29 is 14.3 Å². The van der Waals surface area contributed by atoms with Crippen LogP contribution in [-0.4, -0.2) is 60.4 Å². The van der Waals surface area contributed by atoms with Crippen molar-refractivity contribution in [3.8, 4) is 5.75 Å². The van der Waals surface area contributed by atoms with Gasteiger partial charge in [0.05, 0.1) is 11.7 Å². The molecular weight excluding hydrogens is 414 g/mol. The number of imide groups is 1. The highest BCUT2D eigenvalue weighted by Gasteiger charge is 2.41. The highest BCUT2D eigenvalue weighted by Crippen LogP contribution is 2.33. The zero-order chi connectivity index (χ0) is 23.4. The van der Waals surface area contributed by atoms with E-state index >= 15 is 0 Å². The van der Waals surface area contributed by atoms with Crippen LogP contribution in [0.25, 0.3) is 5.57 Å². The topological polar surface area (TPSA) is 53.1 Å². The molecule has 33 heavy (non-hydrogen) atoms. The number of hydrogen-bond donors (Lipinski definition) is 0. The van der Waals surface area contributed by atoms with Crippen molar-refractivity contribution in [3.05, 3.63) is 65.9 Å². The maximum Gasteiger partial charge on any atom is 0.277 e. The number of ether oxygens (including phenoxy) is 1. The number of benzene rings is 2. The van der Waals surface area contributed by atoms with Gasteiger partial charge < -0.3 is 14.5 Å². The summed E-state index contributed by atoms with van der Waals surface area (Å²) >= 11 is 0. The van der Waals surface area contributed by atoms with Crippen LogP contribution in [0.2, 0.25) is 0 Å². The second-order valence-corrected chi connectivity index (χ2v) is 8.84. The summed E-state index contributed by atoms with van der Waals surface area (Å²) < 4.78 is 5.76. The van der Waals surface area contributed by atoms with Crippen LogP contribution in [0.15, 0.2) is 60.3 Å². The summed E-state index contributed by atoms with van der Waals surface area (Å²) in [6.45, 7) is 9.49. The Morgan fingerprint density at radius 2 is 1.48 bits per heavy atom. The van der Waals surface area contributed by atoms with E-state index in [9.17, 15) is 9.59 Å². The van der Waals surface area contributed by atoms with Gasteiger partial charge >= 0.3 is 0 Å². The van der Waals surface area contributed by atoms with Crippen LogP contribution >= 0.6 is 0 Å². The Bertz CT molecular complexity index is 1010. The minimum absolute atomic E-state index is 0.0748. The Hall–Kier alpha value is -3.28. The number of anilines is 1. The van der Waals surface area contributed by atoms with Crippen molar-refractivity contribution in [3.63, 3.8) is 0 Å². The number of carbonyl (C=O) groups is 2. The van der Waals surface area contributed by atoms with Crippen molar-refractivity contribution in [1.82, 2.24) is 9.80 Å². The van der Waals surface area contributed by atoms with Gasteiger partial charge in [0.15, 0.2) is 0 Å². The first-order chi connectivity index (χ1) is 16.0. The van der Waals surface area contributed by atoms with E-state index in [0.29, 0.717) is 30.9 Å². The Kier molecular flexibility index (Phi) is 7.02. The van der Waals surface area contributed by atoms with Crippen molar-refractivity contribution >= 4 is 23.1 Å². The van der Waals surface area contributed by atoms with E-state index in [0.717, 1.165) is 37.2 Å². The van der Waals surface area contributed by atoms with E-state index in [1.807, 2.05) is 56.3 Å². The monoisotopic (exact) mass is 447 g/mol. The van der Waals surface area contributed by atoms with Crippen molar-refractivity contribution in [1.29, 1.82) is 0 Å². The van der Waals surface area contributed by atoms with Crippen molar-refractivity contribution in [2.45, 2.75) is 39.7 Å². The molecule has 0 atom stereocenters. The fourth-order valence-electron chi connectivity index (χ4n) is 4.44. The Labute approximate surface area is 196 Å². The molecule has 6 nitrogen and oxygen atoms in total. The number of para-hydroxylation sites is 1. The summed E-state index contributed by atoms with van der Waals surface area (Å²) in [7, 11) is 0. The van der Waals surface area contributed by atoms with Crippen LogP contribution in [0.1, 0.15) is 39.2 Å². The quantitative estimate of drug-likeness (QED) is 0.569. The number of carbonyl (C=O) groups excluding carboxylic acids is 2. The predicted octanol–water partition coefficient (Wildman–Crippen LogP) is 4.18. The van der Waals surface area contributed by atoms with Gasteiger partial charge in [-0.15, -0.1) is 0 Å². The zero-order valence-electron chi connectivity index (χ0n) is 19.8. The maximum atomic E-state index is 13.4. The molecule has 2 aromatic carbocycles. The third kappa shape index (κ3) is 4.90. The van der Waals surface area contributed by atoms with Gasteiger partial charge in [-0.3, -0.25) is 14.5 Å². The molecule has 0 aliphatic carbocycles. The molecule has 0 saturated carbocycles. The summed E-state index contributed by atoms with van der Waals surface area (Å²) in [5, 5.41) is 0. The minimum atomic E-state index is -0.188. The lowest BCUT2D eigenvalue weighted by molar-refractivity contribution is -0.137. The van der Waals surface area contributed by atoms with Crippen LogP contribution in [0.5, 0.6) is 5.75 Å². The lowest BCUT2D eigenvalue weighted by Gasteiger charge is -2.37. The molecule has 0 aromatic heterocycles. The van der Waals surface area contributed by atoms with Gasteiger partial charge in [0.25, 0.3) is 11.8 Å². The average molecular weight is 448 g/mol. The summed E-state index contributed by atoms with van der Waals surface area (Å²) in [6.07, 6.45) is 1.81. The molecular formula is C27H33N3O3. The fourth-order valence-corrected chi connectivity index (χ4v) is 4.44. The molecule has 2 aromatic rings.